The first kappa shape index (κ1) is 17.0. The number of H-pyrrole nitrogens is 2. The number of carbonyl (C=O) groups excluding carboxylic acids is 1. The lowest BCUT2D eigenvalue weighted by Crippen LogP contribution is -2.29. The van der Waals surface area contributed by atoms with E-state index in [0.717, 1.165) is 18.8 Å². The average molecular weight is 365 g/mol. The van der Waals surface area contributed by atoms with Crippen molar-refractivity contribution >= 4 is 28.3 Å². The number of pyridine rings is 1. The molecule has 3 heterocycles. The summed E-state index contributed by atoms with van der Waals surface area (Å²) in [6, 6.07) is 9.12. The van der Waals surface area contributed by atoms with Gasteiger partial charge in [-0.15, -0.1) is 0 Å². The van der Waals surface area contributed by atoms with Crippen LogP contribution in [0.25, 0.3) is 11.0 Å². The number of nitrogens with zero attached hydrogens (tertiary/aromatic N) is 2. The van der Waals surface area contributed by atoms with Crippen LogP contribution in [0, 0.1) is 0 Å². The zero-order valence-corrected chi connectivity index (χ0v) is 14.6. The molecule has 0 unspecified atom stereocenters. The molecule has 1 aromatic carbocycles. The van der Waals surface area contributed by atoms with Crippen molar-refractivity contribution in [1.29, 1.82) is 0 Å². The Hall–Kier alpha value is -3.42. The van der Waals surface area contributed by atoms with E-state index < -0.39 is 11.2 Å². The van der Waals surface area contributed by atoms with E-state index in [1.165, 1.54) is 31.5 Å². The first-order chi connectivity index (χ1) is 13.1. The van der Waals surface area contributed by atoms with Gasteiger partial charge >= 0.3 is 5.69 Å². The van der Waals surface area contributed by atoms with Crippen molar-refractivity contribution in [1.82, 2.24) is 15.0 Å². The van der Waals surface area contributed by atoms with Gasteiger partial charge in [-0.1, -0.05) is 0 Å². The zero-order valence-electron chi connectivity index (χ0n) is 14.6. The van der Waals surface area contributed by atoms with E-state index in [9.17, 15) is 14.4 Å². The molecule has 3 aromatic rings. The molecule has 2 aromatic heterocycles. The Labute approximate surface area is 154 Å². The van der Waals surface area contributed by atoms with Gasteiger partial charge in [-0.3, -0.25) is 19.6 Å². The fraction of sp³-hybridized carbons (Fsp3) is 0.263. The predicted molar refractivity (Wildman–Crippen MR) is 103 cm³/mol. The van der Waals surface area contributed by atoms with Crippen LogP contribution >= 0.6 is 0 Å². The smallest absolute Gasteiger partial charge is 0.327 e. The second-order valence-corrected chi connectivity index (χ2v) is 6.58. The maximum absolute atomic E-state index is 12.5. The molecule has 3 N–H and O–H groups in total. The minimum atomic E-state index is -0.633. The van der Waals surface area contributed by atoms with E-state index >= 15 is 0 Å². The fourth-order valence-corrected chi connectivity index (χ4v) is 3.28. The number of amides is 1. The van der Waals surface area contributed by atoms with Gasteiger partial charge in [-0.05, 0) is 49.6 Å². The highest BCUT2D eigenvalue weighted by Crippen LogP contribution is 2.22. The Balaban J connectivity index is 1.52. The largest absolute Gasteiger partial charge is 0.372 e. The van der Waals surface area contributed by atoms with Gasteiger partial charge in [0.2, 0.25) is 0 Å². The number of benzene rings is 1. The van der Waals surface area contributed by atoms with Crippen LogP contribution in [0.4, 0.5) is 11.4 Å². The second kappa shape index (κ2) is 7.06. The minimum absolute atomic E-state index is 0.145. The molecule has 0 spiro atoms. The molecular weight excluding hydrogens is 346 g/mol. The van der Waals surface area contributed by atoms with E-state index in [1.807, 2.05) is 24.3 Å². The van der Waals surface area contributed by atoms with Crippen molar-refractivity contribution in [2.24, 2.45) is 0 Å². The maximum atomic E-state index is 12.5. The van der Waals surface area contributed by atoms with E-state index in [-0.39, 0.29) is 22.5 Å². The van der Waals surface area contributed by atoms with Gasteiger partial charge in [-0.2, -0.15) is 0 Å². The molecule has 1 aliphatic heterocycles. The summed E-state index contributed by atoms with van der Waals surface area (Å²) in [5.41, 5.74) is 0.978. The fourth-order valence-electron chi connectivity index (χ4n) is 3.28. The predicted octanol–water partition coefficient (Wildman–Crippen LogP) is 1.85. The van der Waals surface area contributed by atoms with E-state index in [4.69, 9.17) is 0 Å². The summed E-state index contributed by atoms with van der Waals surface area (Å²) in [4.78, 5) is 46.5. The van der Waals surface area contributed by atoms with Crippen molar-refractivity contribution in [2.45, 2.75) is 19.3 Å². The van der Waals surface area contributed by atoms with Crippen LogP contribution < -0.4 is 21.5 Å². The van der Waals surface area contributed by atoms with Crippen molar-refractivity contribution in [3.63, 3.8) is 0 Å². The first-order valence-electron chi connectivity index (χ1n) is 8.89. The lowest BCUT2D eigenvalue weighted by atomic mass is 10.1. The molecule has 1 fully saturated rings. The van der Waals surface area contributed by atoms with Crippen LogP contribution in [0.2, 0.25) is 0 Å². The zero-order chi connectivity index (χ0) is 18.8. The summed E-state index contributed by atoms with van der Waals surface area (Å²) in [5, 5.41) is 2.96. The monoisotopic (exact) mass is 365 g/mol. The molecule has 138 valence electrons. The average Bonchev–Trinajstić information content (AvgIpc) is 2.69. The number of piperidine rings is 1. The van der Waals surface area contributed by atoms with Crippen LogP contribution in [-0.4, -0.2) is 33.9 Å². The van der Waals surface area contributed by atoms with Crippen molar-refractivity contribution in [3.05, 3.63) is 62.9 Å². The highest BCUT2D eigenvalue weighted by Gasteiger charge is 2.12. The van der Waals surface area contributed by atoms with Gasteiger partial charge in [0, 0.05) is 30.7 Å². The number of aromatic amines is 2. The highest BCUT2D eigenvalue weighted by atomic mass is 16.2. The first-order valence-corrected chi connectivity index (χ1v) is 8.89. The normalized spacial score (nSPS) is 14.3. The van der Waals surface area contributed by atoms with Gasteiger partial charge in [0.25, 0.3) is 11.5 Å². The number of rotatable bonds is 3. The van der Waals surface area contributed by atoms with Gasteiger partial charge < -0.3 is 10.2 Å². The SMILES string of the molecule is O=C(Nc1ccc(N2CCCCC2)cc1)c1cnc2[nH]c(=O)[nH]c(=O)c2c1. The number of nitrogens with one attached hydrogen (secondary N) is 3. The molecule has 0 atom stereocenters. The van der Waals surface area contributed by atoms with Gasteiger partial charge in [0.05, 0.1) is 10.9 Å². The van der Waals surface area contributed by atoms with Crippen LogP contribution in [-0.2, 0) is 0 Å². The summed E-state index contributed by atoms with van der Waals surface area (Å²) in [7, 11) is 0. The Morgan fingerprint density at radius 3 is 2.52 bits per heavy atom. The summed E-state index contributed by atoms with van der Waals surface area (Å²) in [6.07, 6.45) is 5.02. The molecule has 1 aliphatic rings. The quantitative estimate of drug-likeness (QED) is 0.656. The van der Waals surface area contributed by atoms with Crippen molar-refractivity contribution in [3.8, 4) is 0 Å². The molecule has 8 heteroatoms. The topological polar surface area (TPSA) is 111 Å². The third-order valence-corrected chi connectivity index (χ3v) is 4.70. The van der Waals surface area contributed by atoms with E-state index in [0.29, 0.717) is 5.69 Å². The number of carbonyl (C=O) groups is 1. The number of hydrogen-bond acceptors (Lipinski definition) is 5. The van der Waals surface area contributed by atoms with Crippen LogP contribution in [0.1, 0.15) is 29.6 Å². The number of hydrogen-bond donors (Lipinski definition) is 3. The summed E-state index contributed by atoms with van der Waals surface area (Å²) in [5.74, 6) is -0.374. The summed E-state index contributed by atoms with van der Waals surface area (Å²) >= 11 is 0. The maximum Gasteiger partial charge on any atom is 0.327 e. The molecule has 4 rings (SSSR count). The molecule has 0 bridgehead atoms. The third-order valence-electron chi connectivity index (χ3n) is 4.70. The molecule has 0 aliphatic carbocycles. The van der Waals surface area contributed by atoms with Crippen LogP contribution in [0.15, 0.2) is 46.1 Å². The summed E-state index contributed by atoms with van der Waals surface area (Å²) in [6.45, 7) is 2.12. The number of aromatic nitrogens is 3. The van der Waals surface area contributed by atoms with Gasteiger partial charge in [-0.25, -0.2) is 9.78 Å². The van der Waals surface area contributed by atoms with Crippen molar-refractivity contribution < 1.29 is 4.79 Å². The third kappa shape index (κ3) is 3.59. The lowest BCUT2D eigenvalue weighted by molar-refractivity contribution is 0.102. The lowest BCUT2D eigenvalue weighted by Gasteiger charge is -2.28. The highest BCUT2D eigenvalue weighted by molar-refractivity contribution is 6.05. The molecule has 0 radical (unpaired) electrons. The Morgan fingerprint density at radius 1 is 1.04 bits per heavy atom. The van der Waals surface area contributed by atoms with E-state index in [2.05, 4.69) is 25.2 Å². The Kier molecular flexibility index (Phi) is 4.45. The number of fused-ring (bicyclic) bond motifs is 1. The van der Waals surface area contributed by atoms with Gasteiger partial charge in [0.15, 0.2) is 0 Å². The Bertz CT molecular complexity index is 1090. The van der Waals surface area contributed by atoms with Crippen molar-refractivity contribution in [2.75, 3.05) is 23.3 Å². The number of anilines is 2. The molecule has 1 amide bonds. The Morgan fingerprint density at radius 2 is 1.78 bits per heavy atom. The molecule has 1 saturated heterocycles. The molecule has 8 nitrogen and oxygen atoms in total. The van der Waals surface area contributed by atoms with E-state index in [1.54, 1.807) is 0 Å². The standard InChI is InChI=1S/C19H19N5O3/c25-17(12-10-15-16(20-11-12)22-19(27)23-18(15)26)21-13-4-6-14(7-5-13)24-8-2-1-3-9-24/h4-7,10-11H,1-3,8-9H2,(H,21,25)(H2,20,22,23,26,27). The molecule has 0 saturated carbocycles. The van der Waals surface area contributed by atoms with Gasteiger partial charge in [0.1, 0.15) is 5.65 Å². The van der Waals surface area contributed by atoms with Crippen LogP contribution in [0.5, 0.6) is 0 Å². The second-order valence-electron chi connectivity index (χ2n) is 6.58. The van der Waals surface area contributed by atoms with Crippen LogP contribution in [0.3, 0.4) is 0 Å². The minimum Gasteiger partial charge on any atom is -0.372 e. The summed E-state index contributed by atoms with van der Waals surface area (Å²) < 4.78 is 0. The molecular formula is C19H19N5O3. The molecule has 27 heavy (non-hydrogen) atoms.